The Morgan fingerprint density at radius 1 is 1.19 bits per heavy atom. The average molecular weight is 281 g/mol. The van der Waals surface area contributed by atoms with Gasteiger partial charge in [-0.3, -0.25) is 9.78 Å². The van der Waals surface area contributed by atoms with E-state index in [0.29, 0.717) is 11.6 Å². The van der Waals surface area contributed by atoms with E-state index in [1.165, 1.54) is 11.1 Å². The quantitative estimate of drug-likeness (QED) is 0.903. The van der Waals surface area contributed by atoms with Crippen LogP contribution >= 0.6 is 0 Å². The summed E-state index contributed by atoms with van der Waals surface area (Å²) in [5, 5.41) is 6.29. The molecule has 1 aliphatic carbocycles. The van der Waals surface area contributed by atoms with Crippen LogP contribution in [-0.2, 0) is 0 Å². The van der Waals surface area contributed by atoms with E-state index >= 15 is 0 Å². The van der Waals surface area contributed by atoms with Gasteiger partial charge in [0.2, 0.25) is 0 Å². The molecule has 0 spiro atoms. The van der Waals surface area contributed by atoms with E-state index in [9.17, 15) is 4.79 Å². The lowest BCUT2D eigenvalue weighted by Gasteiger charge is -2.11. The number of aryl methyl sites for hydroxylation is 2. The van der Waals surface area contributed by atoms with Gasteiger partial charge in [-0.05, 0) is 44.4 Å². The van der Waals surface area contributed by atoms with Crippen LogP contribution < -0.4 is 10.6 Å². The SMILES string of the molecule is Cc1ccc(Nc2cncc(C(=O)NC3CC3)c2)c(C)c1. The number of carbonyl (C=O) groups excluding carboxylic acids is 1. The molecule has 1 aliphatic rings. The van der Waals surface area contributed by atoms with Gasteiger partial charge in [-0.1, -0.05) is 17.7 Å². The molecular formula is C17H19N3O. The molecule has 0 saturated heterocycles. The van der Waals surface area contributed by atoms with Gasteiger partial charge in [-0.2, -0.15) is 0 Å². The molecule has 0 aliphatic heterocycles. The molecule has 108 valence electrons. The maximum absolute atomic E-state index is 12.0. The van der Waals surface area contributed by atoms with Gasteiger partial charge in [0.25, 0.3) is 5.91 Å². The molecule has 1 aromatic heterocycles. The number of nitrogens with zero attached hydrogens (tertiary/aromatic N) is 1. The molecule has 4 nitrogen and oxygen atoms in total. The highest BCUT2D eigenvalue weighted by Gasteiger charge is 2.23. The van der Waals surface area contributed by atoms with E-state index in [1.807, 2.05) is 12.1 Å². The molecular weight excluding hydrogens is 262 g/mol. The molecule has 1 aromatic carbocycles. The average Bonchev–Trinajstić information content (AvgIpc) is 3.26. The van der Waals surface area contributed by atoms with E-state index in [0.717, 1.165) is 24.2 Å². The zero-order valence-corrected chi connectivity index (χ0v) is 12.3. The highest BCUT2D eigenvalue weighted by atomic mass is 16.1. The lowest BCUT2D eigenvalue weighted by atomic mass is 10.1. The van der Waals surface area contributed by atoms with Gasteiger partial charge in [0.05, 0.1) is 17.4 Å². The molecule has 0 unspecified atom stereocenters. The fraction of sp³-hybridized carbons (Fsp3) is 0.294. The lowest BCUT2D eigenvalue weighted by molar-refractivity contribution is 0.0951. The van der Waals surface area contributed by atoms with Gasteiger partial charge in [-0.25, -0.2) is 0 Å². The number of rotatable bonds is 4. The summed E-state index contributed by atoms with van der Waals surface area (Å²) >= 11 is 0. The van der Waals surface area contributed by atoms with Crippen molar-refractivity contribution in [3.63, 3.8) is 0 Å². The maximum atomic E-state index is 12.0. The fourth-order valence-electron chi connectivity index (χ4n) is 2.24. The number of hydrogen-bond donors (Lipinski definition) is 2. The van der Waals surface area contributed by atoms with Crippen LogP contribution in [0.15, 0.2) is 36.7 Å². The Balaban J connectivity index is 1.77. The smallest absolute Gasteiger partial charge is 0.253 e. The molecule has 0 atom stereocenters. The molecule has 1 saturated carbocycles. The minimum atomic E-state index is -0.0470. The monoisotopic (exact) mass is 281 g/mol. The molecule has 1 fully saturated rings. The first-order valence-corrected chi connectivity index (χ1v) is 7.22. The van der Waals surface area contributed by atoms with Crippen molar-refractivity contribution < 1.29 is 4.79 Å². The molecule has 1 amide bonds. The van der Waals surface area contributed by atoms with Crippen molar-refractivity contribution in [1.29, 1.82) is 0 Å². The van der Waals surface area contributed by atoms with Crippen LogP contribution in [0.1, 0.15) is 34.3 Å². The van der Waals surface area contributed by atoms with Crippen LogP contribution in [0.3, 0.4) is 0 Å². The summed E-state index contributed by atoms with van der Waals surface area (Å²) in [6, 6.07) is 8.42. The fourth-order valence-corrected chi connectivity index (χ4v) is 2.24. The lowest BCUT2D eigenvalue weighted by Crippen LogP contribution is -2.25. The third-order valence-electron chi connectivity index (χ3n) is 3.57. The van der Waals surface area contributed by atoms with Crippen LogP contribution in [0.5, 0.6) is 0 Å². The van der Waals surface area contributed by atoms with Crippen molar-refractivity contribution >= 4 is 17.3 Å². The van der Waals surface area contributed by atoms with Crippen molar-refractivity contribution in [1.82, 2.24) is 10.3 Å². The molecule has 1 heterocycles. The van der Waals surface area contributed by atoms with Gasteiger partial charge < -0.3 is 10.6 Å². The minimum Gasteiger partial charge on any atom is -0.354 e. The Kier molecular flexibility index (Phi) is 3.60. The zero-order valence-electron chi connectivity index (χ0n) is 12.3. The van der Waals surface area contributed by atoms with Crippen molar-refractivity contribution in [2.24, 2.45) is 0 Å². The molecule has 2 aromatic rings. The minimum absolute atomic E-state index is 0.0470. The highest BCUT2D eigenvalue weighted by Crippen LogP contribution is 2.22. The number of anilines is 2. The summed E-state index contributed by atoms with van der Waals surface area (Å²) < 4.78 is 0. The summed E-state index contributed by atoms with van der Waals surface area (Å²) in [4.78, 5) is 16.2. The van der Waals surface area contributed by atoms with Gasteiger partial charge in [0.15, 0.2) is 0 Å². The largest absolute Gasteiger partial charge is 0.354 e. The van der Waals surface area contributed by atoms with Gasteiger partial charge in [-0.15, -0.1) is 0 Å². The standard InChI is InChI=1S/C17H19N3O/c1-11-3-6-16(12(2)7-11)19-15-8-13(9-18-10-15)17(21)20-14-4-5-14/h3,6-10,14,19H,4-5H2,1-2H3,(H,20,21). The molecule has 0 bridgehead atoms. The highest BCUT2D eigenvalue weighted by molar-refractivity contribution is 5.95. The second kappa shape index (κ2) is 5.56. The Morgan fingerprint density at radius 3 is 2.71 bits per heavy atom. The van der Waals surface area contributed by atoms with Crippen LogP contribution in [0.2, 0.25) is 0 Å². The second-order valence-electron chi connectivity index (χ2n) is 5.65. The molecule has 2 N–H and O–H groups in total. The van der Waals surface area contributed by atoms with Crippen molar-refractivity contribution in [3.8, 4) is 0 Å². The van der Waals surface area contributed by atoms with Gasteiger partial charge >= 0.3 is 0 Å². The van der Waals surface area contributed by atoms with Gasteiger partial charge in [0.1, 0.15) is 0 Å². The molecule has 4 heteroatoms. The summed E-state index contributed by atoms with van der Waals surface area (Å²) in [6.45, 7) is 4.13. The Bertz CT molecular complexity index is 677. The van der Waals surface area contributed by atoms with E-state index in [4.69, 9.17) is 0 Å². The normalized spacial score (nSPS) is 13.8. The number of benzene rings is 1. The number of nitrogens with one attached hydrogen (secondary N) is 2. The summed E-state index contributed by atoms with van der Waals surface area (Å²) in [6.07, 6.45) is 5.50. The molecule has 21 heavy (non-hydrogen) atoms. The maximum Gasteiger partial charge on any atom is 0.253 e. The first kappa shape index (κ1) is 13.6. The summed E-state index contributed by atoms with van der Waals surface area (Å²) in [5.41, 5.74) is 4.85. The third kappa shape index (κ3) is 3.40. The Labute approximate surface area is 124 Å². The summed E-state index contributed by atoms with van der Waals surface area (Å²) in [7, 11) is 0. The number of hydrogen-bond acceptors (Lipinski definition) is 3. The topological polar surface area (TPSA) is 54.0 Å². The number of pyridine rings is 1. The van der Waals surface area contributed by atoms with Crippen LogP contribution in [-0.4, -0.2) is 16.9 Å². The van der Waals surface area contributed by atoms with Crippen molar-refractivity contribution in [3.05, 3.63) is 53.3 Å². The van der Waals surface area contributed by atoms with E-state index in [2.05, 4.69) is 41.6 Å². The summed E-state index contributed by atoms with van der Waals surface area (Å²) in [5.74, 6) is -0.0470. The first-order valence-electron chi connectivity index (χ1n) is 7.22. The number of amides is 1. The predicted molar refractivity (Wildman–Crippen MR) is 83.9 cm³/mol. The molecule has 0 radical (unpaired) electrons. The van der Waals surface area contributed by atoms with E-state index in [-0.39, 0.29) is 5.91 Å². The van der Waals surface area contributed by atoms with E-state index in [1.54, 1.807) is 12.4 Å². The number of aromatic nitrogens is 1. The van der Waals surface area contributed by atoms with E-state index < -0.39 is 0 Å². The Morgan fingerprint density at radius 2 is 2.00 bits per heavy atom. The first-order chi connectivity index (χ1) is 10.1. The number of carbonyl (C=O) groups is 1. The van der Waals surface area contributed by atoms with Crippen molar-refractivity contribution in [2.75, 3.05) is 5.32 Å². The van der Waals surface area contributed by atoms with Crippen LogP contribution in [0, 0.1) is 13.8 Å². The van der Waals surface area contributed by atoms with Gasteiger partial charge in [0, 0.05) is 17.9 Å². The predicted octanol–water partition coefficient (Wildman–Crippen LogP) is 3.33. The van der Waals surface area contributed by atoms with Crippen LogP contribution in [0.25, 0.3) is 0 Å². The van der Waals surface area contributed by atoms with Crippen LogP contribution in [0.4, 0.5) is 11.4 Å². The second-order valence-corrected chi connectivity index (χ2v) is 5.65. The Hall–Kier alpha value is -2.36. The zero-order chi connectivity index (χ0) is 14.8. The van der Waals surface area contributed by atoms with Crippen molar-refractivity contribution in [2.45, 2.75) is 32.7 Å². The third-order valence-corrected chi connectivity index (χ3v) is 3.57. The molecule has 3 rings (SSSR count).